The molecule has 2 heterocycles. The number of nitrogens with one attached hydrogen (secondary N) is 1. The average Bonchev–Trinajstić information content (AvgIpc) is 2.98. The molecule has 28 heavy (non-hydrogen) atoms. The lowest BCUT2D eigenvalue weighted by Gasteiger charge is -2.36. The Morgan fingerprint density at radius 1 is 1.32 bits per heavy atom. The molecule has 1 fully saturated rings. The minimum Gasteiger partial charge on any atom is -0.462 e. The molecule has 2 unspecified atom stereocenters. The lowest BCUT2D eigenvalue weighted by molar-refractivity contribution is -0.144. The van der Waals surface area contributed by atoms with Crippen LogP contribution < -0.4 is 5.32 Å². The topological polar surface area (TPSA) is 91.3 Å². The maximum atomic E-state index is 13.2. The Labute approximate surface area is 166 Å². The number of carbonyl (C=O) groups is 3. The number of amides is 3. The van der Waals surface area contributed by atoms with Crippen molar-refractivity contribution in [3.63, 3.8) is 0 Å². The van der Waals surface area contributed by atoms with Crippen LogP contribution in [-0.2, 0) is 20.9 Å². The van der Waals surface area contributed by atoms with Gasteiger partial charge >= 0.3 is 12.0 Å². The molecule has 2 atom stereocenters. The fraction of sp³-hybridized carbons (Fsp3) is 0.444. The van der Waals surface area contributed by atoms with Gasteiger partial charge in [-0.25, -0.2) is 14.2 Å². The van der Waals surface area contributed by atoms with Crippen molar-refractivity contribution < 1.29 is 23.5 Å². The number of esters is 1. The minimum atomic E-state index is -0.726. The van der Waals surface area contributed by atoms with Crippen molar-refractivity contribution >= 4 is 34.8 Å². The summed E-state index contributed by atoms with van der Waals surface area (Å²) in [5.74, 6) is -1.19. The van der Waals surface area contributed by atoms with Gasteiger partial charge in [0, 0.05) is 13.6 Å². The standard InChI is InChI=1S/C18H21FN4O4S/c1-10(2)27-13(24)9-28-18-20-15-14(16(25)21-17(26)22(15)3)23(18)8-11-4-6-12(19)7-5-11/h4-7,10,14-15H,8-9H2,1-3H3,(H,21,25,26). The first-order chi connectivity index (χ1) is 13.3. The molecule has 8 nitrogen and oxygen atoms in total. The Balaban J connectivity index is 1.82. The van der Waals surface area contributed by atoms with E-state index >= 15 is 0 Å². The van der Waals surface area contributed by atoms with Gasteiger partial charge in [-0.05, 0) is 31.5 Å². The molecular weight excluding hydrogens is 387 g/mol. The molecule has 1 aromatic rings. The number of hydrogen-bond donors (Lipinski definition) is 1. The summed E-state index contributed by atoms with van der Waals surface area (Å²) in [6, 6.07) is 4.66. The number of benzene rings is 1. The third-order valence-corrected chi connectivity index (χ3v) is 5.25. The first-order valence-corrected chi connectivity index (χ1v) is 9.73. The number of fused-ring (bicyclic) bond motifs is 1. The number of carbonyl (C=O) groups excluding carboxylic acids is 3. The van der Waals surface area contributed by atoms with Crippen LogP contribution in [0.1, 0.15) is 19.4 Å². The quantitative estimate of drug-likeness (QED) is 0.744. The van der Waals surface area contributed by atoms with Crippen molar-refractivity contribution in [2.75, 3.05) is 12.8 Å². The zero-order valence-electron chi connectivity index (χ0n) is 15.7. The van der Waals surface area contributed by atoms with E-state index in [2.05, 4.69) is 10.3 Å². The zero-order valence-corrected chi connectivity index (χ0v) is 16.5. The molecule has 3 rings (SSSR count). The normalized spacial score (nSPS) is 21.5. The minimum absolute atomic E-state index is 0.0235. The first kappa shape index (κ1) is 20.1. The van der Waals surface area contributed by atoms with Gasteiger partial charge in [-0.1, -0.05) is 23.9 Å². The summed E-state index contributed by atoms with van der Waals surface area (Å²) >= 11 is 1.15. The van der Waals surface area contributed by atoms with Crippen LogP contribution in [0, 0.1) is 5.82 Å². The number of nitrogens with zero attached hydrogens (tertiary/aromatic N) is 3. The number of urea groups is 1. The van der Waals surface area contributed by atoms with Gasteiger partial charge in [-0.2, -0.15) is 0 Å². The van der Waals surface area contributed by atoms with Gasteiger partial charge in [0.05, 0.1) is 11.9 Å². The van der Waals surface area contributed by atoms with E-state index in [9.17, 15) is 18.8 Å². The van der Waals surface area contributed by atoms with E-state index < -0.39 is 30.1 Å². The van der Waals surface area contributed by atoms with Crippen molar-refractivity contribution in [1.82, 2.24) is 15.1 Å². The average molecular weight is 408 g/mol. The highest BCUT2D eigenvalue weighted by Crippen LogP contribution is 2.30. The summed E-state index contributed by atoms with van der Waals surface area (Å²) in [5.41, 5.74) is 0.771. The highest BCUT2D eigenvalue weighted by atomic mass is 32.2. The number of amidine groups is 1. The van der Waals surface area contributed by atoms with Gasteiger partial charge in [0.1, 0.15) is 5.82 Å². The molecule has 0 radical (unpaired) electrons. The number of halogens is 1. The summed E-state index contributed by atoms with van der Waals surface area (Å²) in [6.45, 7) is 3.80. The van der Waals surface area contributed by atoms with Crippen LogP contribution >= 0.6 is 11.8 Å². The number of rotatable bonds is 5. The van der Waals surface area contributed by atoms with Gasteiger partial charge < -0.3 is 14.5 Å². The molecule has 0 spiro atoms. The van der Waals surface area contributed by atoms with Crippen LogP contribution in [-0.4, -0.2) is 64.0 Å². The third-order valence-electron chi connectivity index (χ3n) is 4.27. The smallest absolute Gasteiger partial charge is 0.325 e. The Hall–Kier alpha value is -2.62. The van der Waals surface area contributed by atoms with Gasteiger partial charge in [0.25, 0.3) is 5.91 Å². The van der Waals surface area contributed by atoms with Gasteiger partial charge in [0.15, 0.2) is 17.4 Å². The predicted octanol–water partition coefficient (Wildman–Crippen LogP) is 1.56. The van der Waals surface area contributed by atoms with Crippen LogP contribution in [0.5, 0.6) is 0 Å². The zero-order chi connectivity index (χ0) is 20.4. The Bertz CT molecular complexity index is 814. The van der Waals surface area contributed by atoms with Gasteiger partial charge in [-0.3, -0.25) is 14.9 Å². The second-order valence-corrected chi connectivity index (χ2v) is 7.70. The van der Waals surface area contributed by atoms with Gasteiger partial charge in [0.2, 0.25) is 0 Å². The fourth-order valence-electron chi connectivity index (χ4n) is 2.99. The van der Waals surface area contributed by atoms with Crippen molar-refractivity contribution in [3.8, 4) is 0 Å². The highest BCUT2D eigenvalue weighted by Gasteiger charge is 2.48. The second-order valence-electron chi connectivity index (χ2n) is 6.76. The Morgan fingerprint density at radius 3 is 2.64 bits per heavy atom. The molecule has 0 aromatic heterocycles. The Morgan fingerprint density at radius 2 is 2.00 bits per heavy atom. The molecule has 0 saturated carbocycles. The summed E-state index contributed by atoms with van der Waals surface area (Å²) in [6.07, 6.45) is -0.920. The fourth-order valence-corrected chi connectivity index (χ4v) is 3.84. The molecule has 0 bridgehead atoms. The number of imide groups is 1. The maximum absolute atomic E-state index is 13.2. The van der Waals surface area contributed by atoms with E-state index in [0.717, 1.165) is 17.3 Å². The van der Waals surface area contributed by atoms with E-state index in [-0.39, 0.29) is 24.2 Å². The summed E-state index contributed by atoms with van der Waals surface area (Å²) in [7, 11) is 1.56. The largest absolute Gasteiger partial charge is 0.462 e. The lowest BCUT2D eigenvalue weighted by atomic mass is 10.1. The number of ether oxygens (including phenoxy) is 1. The molecule has 150 valence electrons. The Kier molecular flexibility index (Phi) is 5.87. The summed E-state index contributed by atoms with van der Waals surface area (Å²) in [5, 5.41) is 2.76. The van der Waals surface area contributed by atoms with Crippen molar-refractivity contribution in [2.45, 2.75) is 38.7 Å². The second kappa shape index (κ2) is 8.17. The van der Waals surface area contributed by atoms with Crippen LogP contribution in [0.4, 0.5) is 9.18 Å². The molecule has 2 aliphatic heterocycles. The lowest BCUT2D eigenvalue weighted by Crippen LogP contribution is -2.63. The molecule has 0 aliphatic carbocycles. The van der Waals surface area contributed by atoms with E-state index in [1.165, 1.54) is 17.0 Å². The van der Waals surface area contributed by atoms with Crippen LogP contribution in [0.3, 0.4) is 0 Å². The van der Waals surface area contributed by atoms with E-state index in [0.29, 0.717) is 5.17 Å². The van der Waals surface area contributed by atoms with E-state index in [1.54, 1.807) is 37.9 Å². The summed E-state index contributed by atoms with van der Waals surface area (Å²) in [4.78, 5) is 43.9. The molecule has 3 amide bonds. The van der Waals surface area contributed by atoms with E-state index in [1.807, 2.05) is 0 Å². The predicted molar refractivity (Wildman–Crippen MR) is 102 cm³/mol. The van der Waals surface area contributed by atoms with Crippen LogP contribution in [0.2, 0.25) is 0 Å². The van der Waals surface area contributed by atoms with Crippen molar-refractivity contribution in [2.24, 2.45) is 4.99 Å². The number of hydrogen-bond acceptors (Lipinski definition) is 7. The number of aliphatic imine (C=N–C) groups is 1. The van der Waals surface area contributed by atoms with Crippen LogP contribution in [0.25, 0.3) is 0 Å². The van der Waals surface area contributed by atoms with Gasteiger partial charge in [-0.15, -0.1) is 0 Å². The maximum Gasteiger partial charge on any atom is 0.325 e. The third kappa shape index (κ3) is 4.27. The molecule has 2 aliphatic rings. The molecule has 1 aromatic carbocycles. The molecule has 1 N–H and O–H groups in total. The molecule has 1 saturated heterocycles. The van der Waals surface area contributed by atoms with E-state index in [4.69, 9.17) is 4.74 Å². The molecule has 10 heteroatoms. The molecular formula is C18H21FN4O4S. The summed E-state index contributed by atoms with van der Waals surface area (Å²) < 4.78 is 18.4. The highest BCUT2D eigenvalue weighted by molar-refractivity contribution is 8.14. The monoisotopic (exact) mass is 408 g/mol. The SMILES string of the molecule is CC(C)OC(=O)CSC1=NC2C(C(=O)NC(=O)N2C)N1Cc1ccc(F)cc1. The van der Waals surface area contributed by atoms with Crippen molar-refractivity contribution in [1.29, 1.82) is 0 Å². The number of likely N-dealkylation sites (N-methyl/N-ethyl adjacent to an activating group) is 1. The number of thioether (sulfide) groups is 1. The van der Waals surface area contributed by atoms with Crippen molar-refractivity contribution in [3.05, 3.63) is 35.6 Å². The first-order valence-electron chi connectivity index (χ1n) is 8.75. The van der Waals surface area contributed by atoms with Crippen LogP contribution in [0.15, 0.2) is 29.3 Å².